The highest BCUT2D eigenvalue weighted by Gasteiger charge is 2.12. The molecule has 0 spiro atoms. The van der Waals surface area contributed by atoms with Gasteiger partial charge in [0.15, 0.2) is 0 Å². The summed E-state index contributed by atoms with van der Waals surface area (Å²) >= 11 is 5.86. The van der Waals surface area contributed by atoms with Crippen LogP contribution in [0.4, 0.5) is 5.69 Å². The van der Waals surface area contributed by atoms with Gasteiger partial charge in [-0.3, -0.25) is 4.68 Å². The Morgan fingerprint density at radius 3 is 2.44 bits per heavy atom. The number of halogens is 1. The van der Waals surface area contributed by atoms with Gasteiger partial charge in [-0.15, -0.1) is 0 Å². The van der Waals surface area contributed by atoms with Crippen LogP contribution >= 0.6 is 11.6 Å². The third-order valence-electron chi connectivity index (χ3n) is 2.43. The summed E-state index contributed by atoms with van der Waals surface area (Å²) in [6.07, 6.45) is 1.68. The Balaban J connectivity index is 2.54. The minimum Gasteiger partial charge on any atom is -0.396 e. The zero-order chi connectivity index (χ0) is 11.7. The quantitative estimate of drug-likeness (QED) is 0.868. The van der Waals surface area contributed by atoms with E-state index >= 15 is 0 Å². The van der Waals surface area contributed by atoms with Crippen LogP contribution in [0.3, 0.4) is 0 Å². The first-order valence-electron chi connectivity index (χ1n) is 5.18. The van der Waals surface area contributed by atoms with Crippen LogP contribution in [-0.4, -0.2) is 9.78 Å². The van der Waals surface area contributed by atoms with E-state index in [9.17, 15) is 0 Å². The minimum absolute atomic E-state index is 0.281. The zero-order valence-electron chi connectivity index (χ0n) is 9.31. The highest BCUT2D eigenvalue weighted by molar-refractivity contribution is 6.30. The lowest BCUT2D eigenvalue weighted by molar-refractivity contribution is 0.538. The molecule has 2 N–H and O–H groups in total. The predicted octanol–water partition coefficient (Wildman–Crippen LogP) is 3.37. The number of hydrogen-bond acceptors (Lipinski definition) is 2. The molecule has 1 aromatic carbocycles. The smallest absolute Gasteiger partial charge is 0.0915 e. The number of nitrogen functional groups attached to an aromatic ring is 1. The van der Waals surface area contributed by atoms with Gasteiger partial charge in [-0.1, -0.05) is 23.7 Å². The summed E-state index contributed by atoms with van der Waals surface area (Å²) < 4.78 is 1.92. The van der Waals surface area contributed by atoms with Crippen molar-refractivity contribution in [3.05, 3.63) is 35.5 Å². The van der Waals surface area contributed by atoms with E-state index in [4.69, 9.17) is 17.3 Å². The fourth-order valence-corrected chi connectivity index (χ4v) is 1.80. The number of rotatable bonds is 2. The van der Waals surface area contributed by atoms with E-state index in [1.807, 2.05) is 28.9 Å². The fraction of sp³-hybridized carbons (Fsp3) is 0.250. The molecule has 0 saturated carbocycles. The Hall–Kier alpha value is -1.48. The molecule has 0 aliphatic heterocycles. The van der Waals surface area contributed by atoms with Crippen molar-refractivity contribution in [1.29, 1.82) is 0 Å². The Kier molecular flexibility index (Phi) is 2.88. The Morgan fingerprint density at radius 2 is 1.88 bits per heavy atom. The number of nitrogens with two attached hydrogens (primary N) is 1. The molecule has 0 aliphatic rings. The molecular weight excluding hydrogens is 222 g/mol. The molecule has 0 saturated heterocycles. The summed E-state index contributed by atoms with van der Waals surface area (Å²) in [4.78, 5) is 0. The Bertz CT molecular complexity index is 485. The molecule has 1 aromatic heterocycles. The van der Waals surface area contributed by atoms with Crippen LogP contribution in [0, 0.1) is 0 Å². The normalized spacial score (nSPS) is 11.0. The second-order valence-corrected chi connectivity index (χ2v) is 4.43. The van der Waals surface area contributed by atoms with E-state index in [-0.39, 0.29) is 6.04 Å². The largest absolute Gasteiger partial charge is 0.396 e. The van der Waals surface area contributed by atoms with Gasteiger partial charge in [0, 0.05) is 16.6 Å². The standard InChI is InChI=1S/C12H14ClN3/c1-8(2)16-12(11(14)7-15-16)9-3-5-10(13)6-4-9/h3-8H,14H2,1-2H3. The second-order valence-electron chi connectivity index (χ2n) is 3.99. The van der Waals surface area contributed by atoms with Crippen LogP contribution in [0.25, 0.3) is 11.3 Å². The monoisotopic (exact) mass is 235 g/mol. The first-order chi connectivity index (χ1) is 7.59. The zero-order valence-corrected chi connectivity index (χ0v) is 10.1. The van der Waals surface area contributed by atoms with Crippen molar-refractivity contribution in [1.82, 2.24) is 9.78 Å². The van der Waals surface area contributed by atoms with E-state index in [1.54, 1.807) is 6.20 Å². The molecule has 3 nitrogen and oxygen atoms in total. The van der Waals surface area contributed by atoms with Crippen molar-refractivity contribution in [2.24, 2.45) is 0 Å². The van der Waals surface area contributed by atoms with Crippen LogP contribution in [0.15, 0.2) is 30.5 Å². The molecule has 0 atom stereocenters. The number of anilines is 1. The van der Waals surface area contributed by atoms with E-state index in [0.29, 0.717) is 5.69 Å². The fourth-order valence-electron chi connectivity index (χ4n) is 1.67. The molecule has 2 aromatic rings. The van der Waals surface area contributed by atoms with E-state index in [2.05, 4.69) is 18.9 Å². The van der Waals surface area contributed by atoms with Crippen LogP contribution in [0.1, 0.15) is 19.9 Å². The molecule has 0 bridgehead atoms. The summed E-state index contributed by atoms with van der Waals surface area (Å²) in [7, 11) is 0. The van der Waals surface area contributed by atoms with Gasteiger partial charge >= 0.3 is 0 Å². The summed E-state index contributed by atoms with van der Waals surface area (Å²) in [5.74, 6) is 0. The van der Waals surface area contributed by atoms with Crippen LogP contribution in [-0.2, 0) is 0 Å². The lowest BCUT2D eigenvalue weighted by atomic mass is 10.1. The van der Waals surface area contributed by atoms with E-state index < -0.39 is 0 Å². The number of hydrogen-bond donors (Lipinski definition) is 1. The number of benzene rings is 1. The topological polar surface area (TPSA) is 43.8 Å². The average Bonchev–Trinajstić information content (AvgIpc) is 2.62. The number of aromatic nitrogens is 2. The third kappa shape index (κ3) is 1.91. The van der Waals surface area contributed by atoms with Gasteiger partial charge in [0.05, 0.1) is 17.6 Å². The maximum atomic E-state index is 5.93. The molecule has 16 heavy (non-hydrogen) atoms. The predicted molar refractivity (Wildman–Crippen MR) is 67.5 cm³/mol. The van der Waals surface area contributed by atoms with E-state index in [0.717, 1.165) is 16.3 Å². The molecule has 1 heterocycles. The summed E-state index contributed by atoms with van der Waals surface area (Å²) in [5.41, 5.74) is 8.61. The van der Waals surface area contributed by atoms with Gasteiger partial charge in [0.25, 0.3) is 0 Å². The maximum absolute atomic E-state index is 5.93. The Labute approximate surface area is 99.8 Å². The van der Waals surface area contributed by atoms with Crippen LogP contribution in [0.2, 0.25) is 5.02 Å². The molecule has 0 radical (unpaired) electrons. The van der Waals surface area contributed by atoms with Crippen molar-refractivity contribution in [3.63, 3.8) is 0 Å². The maximum Gasteiger partial charge on any atom is 0.0915 e. The molecule has 4 heteroatoms. The average molecular weight is 236 g/mol. The second kappa shape index (κ2) is 4.18. The summed E-state index contributed by atoms with van der Waals surface area (Å²) in [6.45, 7) is 4.15. The van der Waals surface area contributed by atoms with Gasteiger partial charge in [0.1, 0.15) is 0 Å². The van der Waals surface area contributed by atoms with Crippen molar-refractivity contribution >= 4 is 17.3 Å². The lowest BCUT2D eigenvalue weighted by Gasteiger charge is -2.11. The highest BCUT2D eigenvalue weighted by Crippen LogP contribution is 2.28. The molecule has 2 rings (SSSR count). The van der Waals surface area contributed by atoms with Crippen molar-refractivity contribution in [3.8, 4) is 11.3 Å². The van der Waals surface area contributed by atoms with Gasteiger partial charge in [0.2, 0.25) is 0 Å². The SMILES string of the molecule is CC(C)n1ncc(N)c1-c1ccc(Cl)cc1. The molecule has 0 aliphatic carbocycles. The van der Waals surface area contributed by atoms with Crippen molar-refractivity contribution < 1.29 is 0 Å². The van der Waals surface area contributed by atoms with Gasteiger partial charge in [-0.25, -0.2) is 0 Å². The molecule has 84 valence electrons. The van der Waals surface area contributed by atoms with Crippen LogP contribution < -0.4 is 5.73 Å². The first kappa shape index (κ1) is 11.0. The third-order valence-corrected chi connectivity index (χ3v) is 2.68. The molecule has 0 amide bonds. The molecular formula is C12H14ClN3. The van der Waals surface area contributed by atoms with Gasteiger partial charge in [-0.05, 0) is 26.0 Å². The number of nitrogens with zero attached hydrogens (tertiary/aromatic N) is 2. The lowest BCUT2D eigenvalue weighted by Crippen LogP contribution is -2.05. The first-order valence-corrected chi connectivity index (χ1v) is 5.56. The summed E-state index contributed by atoms with van der Waals surface area (Å²) in [5, 5.41) is 4.99. The van der Waals surface area contributed by atoms with Crippen molar-refractivity contribution in [2.45, 2.75) is 19.9 Å². The Morgan fingerprint density at radius 1 is 1.25 bits per heavy atom. The van der Waals surface area contributed by atoms with Crippen molar-refractivity contribution in [2.75, 3.05) is 5.73 Å². The molecule has 0 unspecified atom stereocenters. The van der Waals surface area contributed by atoms with E-state index in [1.165, 1.54) is 0 Å². The van der Waals surface area contributed by atoms with Gasteiger partial charge in [-0.2, -0.15) is 5.10 Å². The molecule has 0 fully saturated rings. The highest BCUT2D eigenvalue weighted by atomic mass is 35.5. The van der Waals surface area contributed by atoms with Gasteiger partial charge < -0.3 is 5.73 Å². The minimum atomic E-state index is 0.281. The van der Waals surface area contributed by atoms with Crippen LogP contribution in [0.5, 0.6) is 0 Å². The summed E-state index contributed by atoms with van der Waals surface area (Å²) in [6, 6.07) is 7.90.